The van der Waals surface area contributed by atoms with Crippen LogP contribution in [0.15, 0.2) is 41.9 Å². The SMILES string of the molecule is CC(C)(C)OC(=O)N1CCN(CC(=O)NC(c2ccccc2)c2nccs2)CC1. The minimum absolute atomic E-state index is 0.0558. The van der Waals surface area contributed by atoms with Crippen molar-refractivity contribution >= 4 is 23.3 Å². The zero-order valence-electron chi connectivity index (χ0n) is 17.1. The van der Waals surface area contributed by atoms with E-state index in [0.29, 0.717) is 26.2 Å². The smallest absolute Gasteiger partial charge is 0.410 e. The van der Waals surface area contributed by atoms with E-state index in [0.717, 1.165) is 10.6 Å². The van der Waals surface area contributed by atoms with E-state index in [9.17, 15) is 9.59 Å². The number of thiazole rings is 1. The number of carbonyl (C=O) groups excluding carboxylic acids is 2. The highest BCUT2D eigenvalue weighted by Gasteiger charge is 2.27. The topological polar surface area (TPSA) is 74.8 Å². The molecule has 0 radical (unpaired) electrons. The molecule has 1 aliphatic heterocycles. The van der Waals surface area contributed by atoms with Gasteiger partial charge in [0.2, 0.25) is 5.91 Å². The van der Waals surface area contributed by atoms with Crippen LogP contribution in [0, 0.1) is 0 Å². The number of nitrogens with one attached hydrogen (secondary N) is 1. The van der Waals surface area contributed by atoms with Crippen LogP contribution in [-0.4, -0.2) is 65.1 Å². The average Bonchev–Trinajstić information content (AvgIpc) is 3.20. The minimum Gasteiger partial charge on any atom is -0.444 e. The highest BCUT2D eigenvalue weighted by Crippen LogP contribution is 2.23. The van der Waals surface area contributed by atoms with E-state index in [4.69, 9.17) is 4.74 Å². The molecule has 2 heterocycles. The second-order valence-corrected chi connectivity index (χ2v) is 8.95. The highest BCUT2D eigenvalue weighted by atomic mass is 32.1. The van der Waals surface area contributed by atoms with Crippen molar-refractivity contribution in [2.75, 3.05) is 32.7 Å². The van der Waals surface area contributed by atoms with Crippen LogP contribution in [0.1, 0.15) is 37.4 Å². The van der Waals surface area contributed by atoms with Crippen molar-refractivity contribution in [1.29, 1.82) is 0 Å². The number of piperazine rings is 1. The Morgan fingerprint density at radius 2 is 1.86 bits per heavy atom. The summed E-state index contributed by atoms with van der Waals surface area (Å²) in [5.41, 5.74) is 0.502. The van der Waals surface area contributed by atoms with E-state index < -0.39 is 5.60 Å². The van der Waals surface area contributed by atoms with Crippen molar-refractivity contribution < 1.29 is 14.3 Å². The second kappa shape index (κ2) is 9.37. The summed E-state index contributed by atoms with van der Waals surface area (Å²) < 4.78 is 5.42. The summed E-state index contributed by atoms with van der Waals surface area (Å²) in [7, 11) is 0. The molecule has 0 bridgehead atoms. The molecule has 0 saturated carbocycles. The monoisotopic (exact) mass is 416 g/mol. The van der Waals surface area contributed by atoms with Gasteiger partial charge in [0.05, 0.1) is 6.54 Å². The zero-order valence-corrected chi connectivity index (χ0v) is 17.9. The van der Waals surface area contributed by atoms with Crippen molar-refractivity contribution in [2.45, 2.75) is 32.4 Å². The Balaban J connectivity index is 1.53. The standard InChI is InChI=1S/C21H28N4O3S/c1-21(2,3)28-20(27)25-12-10-24(11-13-25)15-17(26)23-18(19-22-9-14-29-19)16-7-5-4-6-8-16/h4-9,14,18H,10-13,15H2,1-3H3,(H,23,26). The number of ether oxygens (including phenoxy) is 1. The van der Waals surface area contributed by atoms with Crippen LogP contribution in [0.25, 0.3) is 0 Å². The number of benzene rings is 1. The lowest BCUT2D eigenvalue weighted by molar-refractivity contribution is -0.123. The van der Waals surface area contributed by atoms with Crippen LogP contribution < -0.4 is 5.32 Å². The third kappa shape index (κ3) is 6.27. The van der Waals surface area contributed by atoms with Crippen LogP contribution in [0.2, 0.25) is 0 Å². The molecule has 156 valence electrons. The molecule has 1 N–H and O–H groups in total. The molecule has 8 heteroatoms. The molecule has 0 spiro atoms. The Kier molecular flexibility index (Phi) is 6.87. The Bertz CT molecular complexity index is 797. The quantitative estimate of drug-likeness (QED) is 0.811. The predicted molar refractivity (Wildman–Crippen MR) is 113 cm³/mol. The largest absolute Gasteiger partial charge is 0.444 e. The summed E-state index contributed by atoms with van der Waals surface area (Å²) in [4.78, 5) is 33.0. The molecule has 2 amide bonds. The fourth-order valence-electron chi connectivity index (χ4n) is 3.13. The lowest BCUT2D eigenvalue weighted by Gasteiger charge is -2.35. The summed E-state index contributed by atoms with van der Waals surface area (Å²) in [5.74, 6) is -0.0558. The first-order chi connectivity index (χ1) is 13.8. The summed E-state index contributed by atoms with van der Waals surface area (Å²) in [6.45, 7) is 8.25. The molecule has 3 rings (SSSR count). The lowest BCUT2D eigenvalue weighted by Crippen LogP contribution is -2.52. The number of hydrogen-bond acceptors (Lipinski definition) is 6. The maximum atomic E-state index is 12.7. The fourth-order valence-corrected chi connectivity index (χ4v) is 3.85. The van der Waals surface area contributed by atoms with Gasteiger partial charge < -0.3 is 15.0 Å². The Labute approximate surface area is 175 Å². The van der Waals surface area contributed by atoms with Gasteiger partial charge in [-0.15, -0.1) is 11.3 Å². The van der Waals surface area contributed by atoms with Crippen molar-refractivity contribution in [3.8, 4) is 0 Å². The molecule has 1 saturated heterocycles. The molecule has 1 unspecified atom stereocenters. The highest BCUT2D eigenvalue weighted by molar-refractivity contribution is 7.09. The molecule has 1 fully saturated rings. The van der Waals surface area contributed by atoms with E-state index in [1.807, 2.05) is 56.5 Å². The van der Waals surface area contributed by atoms with Gasteiger partial charge in [0.25, 0.3) is 0 Å². The van der Waals surface area contributed by atoms with E-state index in [2.05, 4.69) is 15.2 Å². The number of aromatic nitrogens is 1. The van der Waals surface area contributed by atoms with E-state index in [1.54, 1.807) is 11.1 Å². The van der Waals surface area contributed by atoms with Gasteiger partial charge >= 0.3 is 6.09 Å². The molecular formula is C21H28N4O3S. The molecule has 2 aromatic rings. The summed E-state index contributed by atoms with van der Waals surface area (Å²) in [6, 6.07) is 9.59. The zero-order chi connectivity index (χ0) is 20.9. The fraction of sp³-hybridized carbons (Fsp3) is 0.476. The molecule has 1 aromatic carbocycles. The number of nitrogens with zero attached hydrogens (tertiary/aromatic N) is 3. The Morgan fingerprint density at radius 1 is 1.17 bits per heavy atom. The number of rotatable bonds is 5. The van der Waals surface area contributed by atoms with E-state index in [1.165, 1.54) is 11.3 Å². The van der Waals surface area contributed by atoms with E-state index >= 15 is 0 Å². The van der Waals surface area contributed by atoms with Gasteiger partial charge in [0, 0.05) is 37.8 Å². The maximum absolute atomic E-state index is 12.7. The normalized spacial score (nSPS) is 16.3. The lowest BCUT2D eigenvalue weighted by atomic mass is 10.1. The number of hydrogen-bond donors (Lipinski definition) is 1. The number of amides is 2. The summed E-state index contributed by atoms with van der Waals surface area (Å²) >= 11 is 1.52. The van der Waals surface area contributed by atoms with Gasteiger partial charge in [-0.25, -0.2) is 9.78 Å². The predicted octanol–water partition coefficient (Wildman–Crippen LogP) is 2.90. The summed E-state index contributed by atoms with van der Waals surface area (Å²) in [6.07, 6.45) is 1.45. The van der Waals surface area contributed by atoms with Crippen LogP contribution in [0.5, 0.6) is 0 Å². The molecule has 1 atom stereocenters. The van der Waals surface area contributed by atoms with Gasteiger partial charge in [-0.3, -0.25) is 9.69 Å². The third-order valence-electron chi connectivity index (χ3n) is 4.53. The Hall–Kier alpha value is -2.45. The average molecular weight is 417 g/mol. The van der Waals surface area contributed by atoms with Crippen molar-refractivity contribution in [2.24, 2.45) is 0 Å². The van der Waals surface area contributed by atoms with Gasteiger partial charge in [0.15, 0.2) is 0 Å². The number of carbonyl (C=O) groups is 2. The Morgan fingerprint density at radius 3 is 2.45 bits per heavy atom. The molecule has 0 aliphatic carbocycles. The summed E-state index contributed by atoms with van der Waals surface area (Å²) in [5, 5.41) is 5.88. The van der Waals surface area contributed by atoms with Gasteiger partial charge in [-0.2, -0.15) is 0 Å². The molecule has 1 aromatic heterocycles. The van der Waals surface area contributed by atoms with Crippen LogP contribution in [-0.2, 0) is 9.53 Å². The first-order valence-corrected chi connectivity index (χ1v) is 10.6. The van der Waals surface area contributed by atoms with Gasteiger partial charge in [0.1, 0.15) is 16.7 Å². The van der Waals surface area contributed by atoms with Crippen molar-refractivity contribution in [1.82, 2.24) is 20.1 Å². The van der Waals surface area contributed by atoms with Crippen molar-refractivity contribution in [3.63, 3.8) is 0 Å². The van der Waals surface area contributed by atoms with Crippen LogP contribution in [0.4, 0.5) is 4.79 Å². The second-order valence-electron chi connectivity index (χ2n) is 8.03. The van der Waals surface area contributed by atoms with E-state index in [-0.39, 0.29) is 24.6 Å². The van der Waals surface area contributed by atoms with Crippen LogP contribution >= 0.6 is 11.3 Å². The third-order valence-corrected chi connectivity index (χ3v) is 5.37. The minimum atomic E-state index is -0.504. The molecule has 29 heavy (non-hydrogen) atoms. The van der Waals surface area contributed by atoms with Crippen molar-refractivity contribution in [3.05, 3.63) is 52.5 Å². The first kappa shape index (κ1) is 21.3. The van der Waals surface area contributed by atoms with Gasteiger partial charge in [-0.05, 0) is 26.3 Å². The van der Waals surface area contributed by atoms with Gasteiger partial charge in [-0.1, -0.05) is 30.3 Å². The maximum Gasteiger partial charge on any atom is 0.410 e. The van der Waals surface area contributed by atoms with Crippen LogP contribution in [0.3, 0.4) is 0 Å². The molecule has 1 aliphatic rings. The molecule has 7 nitrogen and oxygen atoms in total. The first-order valence-electron chi connectivity index (χ1n) is 9.76. The molecular weight excluding hydrogens is 388 g/mol.